The molecule has 3 amide bonds. The summed E-state index contributed by atoms with van der Waals surface area (Å²) >= 11 is 0. The van der Waals surface area contributed by atoms with E-state index in [0.717, 1.165) is 5.56 Å². The molecule has 2 unspecified atom stereocenters. The minimum Gasteiger partial charge on any atom is -0.445 e. The van der Waals surface area contributed by atoms with Gasteiger partial charge in [0, 0.05) is 13.5 Å². The van der Waals surface area contributed by atoms with Crippen LogP contribution in [0.5, 0.6) is 0 Å². The first-order valence-electron chi connectivity index (χ1n) is 12.5. The zero-order valence-electron chi connectivity index (χ0n) is 21.7. The molecule has 15 heteroatoms. The van der Waals surface area contributed by atoms with Crippen LogP contribution in [0.3, 0.4) is 0 Å². The molecule has 1 fully saturated rings. The van der Waals surface area contributed by atoms with Gasteiger partial charge in [-0.05, 0) is 24.8 Å². The number of aliphatic hydroxyl groups is 3. The minimum atomic E-state index is -1.65. The number of hydrogen-bond donors (Lipinski definition) is 6. The standard InChI is InChI=1S/C25H32FN5O9/c1-14(33)27-10-6-5-9-17(28-25(38)39-13-15-7-3-2-4-8-15)22(36)29-21-16(26)11-31(24(37)30-21)23-20(35)19(34)18(12-32)40-23/h2-4,7-8,11,17-20,23,32,34-35H,5-6,9-10,12-13H2,1H3,(H,27,33)(H,28,38)(H,29,30,36,37)/t17?,18-,19?,20+,23-/m1/s1. The van der Waals surface area contributed by atoms with Gasteiger partial charge in [-0.15, -0.1) is 0 Å². The summed E-state index contributed by atoms with van der Waals surface area (Å²) in [7, 11) is 0. The number of ether oxygens (including phenoxy) is 2. The Labute approximate surface area is 228 Å². The number of carbonyl (C=O) groups is 3. The summed E-state index contributed by atoms with van der Waals surface area (Å²) in [5.74, 6) is -3.00. The number of aromatic nitrogens is 2. The highest BCUT2D eigenvalue weighted by Crippen LogP contribution is 2.28. The van der Waals surface area contributed by atoms with Crippen LogP contribution in [0.25, 0.3) is 0 Å². The van der Waals surface area contributed by atoms with Gasteiger partial charge < -0.3 is 40.7 Å². The van der Waals surface area contributed by atoms with E-state index in [1.165, 1.54) is 6.92 Å². The smallest absolute Gasteiger partial charge is 0.408 e. The average Bonchev–Trinajstić information content (AvgIpc) is 3.21. The maximum Gasteiger partial charge on any atom is 0.408 e. The van der Waals surface area contributed by atoms with Gasteiger partial charge >= 0.3 is 11.8 Å². The van der Waals surface area contributed by atoms with Crippen molar-refractivity contribution in [3.8, 4) is 0 Å². The summed E-state index contributed by atoms with van der Waals surface area (Å²) < 4.78 is 25.9. The maximum atomic E-state index is 14.9. The van der Waals surface area contributed by atoms with E-state index >= 15 is 0 Å². The van der Waals surface area contributed by atoms with Crippen molar-refractivity contribution < 1.29 is 43.6 Å². The predicted molar refractivity (Wildman–Crippen MR) is 136 cm³/mol. The van der Waals surface area contributed by atoms with E-state index < -0.39 is 66.5 Å². The quantitative estimate of drug-likeness (QED) is 0.183. The molecule has 1 aromatic heterocycles. The van der Waals surface area contributed by atoms with Crippen LogP contribution in [0.4, 0.5) is 15.0 Å². The zero-order valence-corrected chi connectivity index (χ0v) is 21.7. The normalized spacial score (nSPS) is 20.9. The monoisotopic (exact) mass is 565 g/mol. The summed E-state index contributed by atoms with van der Waals surface area (Å²) in [6.45, 7) is 0.999. The number of anilines is 1. The molecule has 2 heterocycles. The predicted octanol–water partition coefficient (Wildman–Crippen LogP) is -0.466. The first-order chi connectivity index (χ1) is 19.1. The Morgan fingerprint density at radius 1 is 1.18 bits per heavy atom. The molecule has 0 saturated carbocycles. The highest BCUT2D eigenvalue weighted by Gasteiger charge is 2.44. The lowest BCUT2D eigenvalue weighted by Crippen LogP contribution is -2.44. The SMILES string of the molecule is CC(=O)NCCCCC(NC(=O)OCc1ccccc1)C(=O)Nc1nc(=O)n([C@@H]2O[C@H](CO)C(O)[C@@H]2O)cc1F. The molecule has 5 atom stereocenters. The molecule has 1 aliphatic heterocycles. The second kappa shape index (κ2) is 14.5. The van der Waals surface area contributed by atoms with E-state index in [-0.39, 0.29) is 18.9 Å². The third kappa shape index (κ3) is 8.29. The van der Waals surface area contributed by atoms with Crippen molar-refractivity contribution in [2.24, 2.45) is 0 Å². The molecule has 1 aromatic carbocycles. The number of carbonyl (C=O) groups excluding carboxylic acids is 3. The van der Waals surface area contributed by atoms with Crippen LogP contribution in [-0.4, -0.2) is 80.3 Å². The van der Waals surface area contributed by atoms with E-state index in [2.05, 4.69) is 20.9 Å². The number of amides is 3. The van der Waals surface area contributed by atoms with Crippen LogP contribution in [0.2, 0.25) is 0 Å². The Kier molecular flexibility index (Phi) is 11.1. The van der Waals surface area contributed by atoms with E-state index in [4.69, 9.17) is 9.47 Å². The summed E-state index contributed by atoms with van der Waals surface area (Å²) in [6.07, 6.45) is -5.20. The molecule has 0 bridgehead atoms. The average molecular weight is 566 g/mol. The van der Waals surface area contributed by atoms with E-state index in [1.807, 2.05) is 0 Å². The highest BCUT2D eigenvalue weighted by atomic mass is 19.1. The van der Waals surface area contributed by atoms with Crippen molar-refractivity contribution in [2.75, 3.05) is 18.5 Å². The first-order valence-corrected chi connectivity index (χ1v) is 12.5. The Balaban J connectivity index is 1.69. The molecule has 2 aromatic rings. The third-order valence-electron chi connectivity index (χ3n) is 6.05. The molecule has 0 spiro atoms. The Morgan fingerprint density at radius 2 is 1.90 bits per heavy atom. The van der Waals surface area contributed by atoms with Crippen LogP contribution in [0.1, 0.15) is 38.0 Å². The number of alkyl carbamates (subject to hydrolysis) is 1. The van der Waals surface area contributed by atoms with Gasteiger partial charge in [-0.2, -0.15) is 4.98 Å². The number of nitrogens with zero attached hydrogens (tertiary/aromatic N) is 2. The van der Waals surface area contributed by atoms with Gasteiger partial charge in [0.2, 0.25) is 11.8 Å². The second-order valence-electron chi connectivity index (χ2n) is 9.08. The molecule has 6 N–H and O–H groups in total. The van der Waals surface area contributed by atoms with Crippen LogP contribution >= 0.6 is 0 Å². The Morgan fingerprint density at radius 3 is 2.55 bits per heavy atom. The van der Waals surface area contributed by atoms with Crippen LogP contribution < -0.4 is 21.6 Å². The summed E-state index contributed by atoms with van der Waals surface area (Å²) in [5, 5.41) is 36.5. The van der Waals surface area contributed by atoms with Gasteiger partial charge in [0.05, 0.1) is 12.8 Å². The summed E-state index contributed by atoms with van der Waals surface area (Å²) in [5.41, 5.74) is -0.399. The lowest BCUT2D eigenvalue weighted by molar-refractivity contribution is -0.119. The van der Waals surface area contributed by atoms with Gasteiger partial charge in [-0.3, -0.25) is 14.2 Å². The highest BCUT2D eigenvalue weighted by molar-refractivity contribution is 5.95. The molecule has 0 aliphatic carbocycles. The molecule has 0 radical (unpaired) electrons. The number of benzene rings is 1. The topological polar surface area (TPSA) is 201 Å². The number of unbranched alkanes of at least 4 members (excludes halogenated alkanes) is 1. The van der Waals surface area contributed by atoms with Crippen molar-refractivity contribution >= 4 is 23.7 Å². The van der Waals surface area contributed by atoms with Crippen molar-refractivity contribution in [3.63, 3.8) is 0 Å². The molecule has 14 nitrogen and oxygen atoms in total. The number of nitrogens with one attached hydrogen (secondary N) is 3. The molecular weight excluding hydrogens is 533 g/mol. The zero-order chi connectivity index (χ0) is 29.2. The van der Waals surface area contributed by atoms with Gasteiger partial charge in [-0.1, -0.05) is 30.3 Å². The summed E-state index contributed by atoms with van der Waals surface area (Å²) in [6, 6.07) is 7.62. The lowest BCUT2D eigenvalue weighted by atomic mass is 10.1. The fourth-order valence-corrected chi connectivity index (χ4v) is 3.94. The van der Waals surface area contributed by atoms with Crippen molar-refractivity contribution in [1.29, 1.82) is 0 Å². The van der Waals surface area contributed by atoms with Crippen molar-refractivity contribution in [2.45, 2.75) is 63.4 Å². The molecule has 3 rings (SSSR count). The lowest BCUT2D eigenvalue weighted by Gasteiger charge is -2.20. The number of aliphatic hydroxyl groups excluding tert-OH is 3. The van der Waals surface area contributed by atoms with Gasteiger partial charge in [0.1, 0.15) is 31.0 Å². The van der Waals surface area contributed by atoms with Gasteiger partial charge in [0.15, 0.2) is 17.9 Å². The molecular formula is C25H32FN5O9. The largest absolute Gasteiger partial charge is 0.445 e. The van der Waals surface area contributed by atoms with E-state index in [1.54, 1.807) is 30.3 Å². The Bertz CT molecular complexity index is 1230. The minimum absolute atomic E-state index is 0.0567. The Hall–Kier alpha value is -3.92. The van der Waals surface area contributed by atoms with Crippen molar-refractivity contribution in [1.82, 2.24) is 20.2 Å². The van der Waals surface area contributed by atoms with Gasteiger partial charge in [-0.25, -0.2) is 14.0 Å². The molecule has 1 aliphatic rings. The maximum absolute atomic E-state index is 14.9. The number of hydrogen-bond acceptors (Lipinski definition) is 10. The van der Waals surface area contributed by atoms with Crippen LogP contribution in [0, 0.1) is 5.82 Å². The second-order valence-corrected chi connectivity index (χ2v) is 9.08. The van der Waals surface area contributed by atoms with E-state index in [0.29, 0.717) is 30.2 Å². The molecule has 218 valence electrons. The first kappa shape index (κ1) is 30.6. The van der Waals surface area contributed by atoms with Crippen LogP contribution in [-0.2, 0) is 25.7 Å². The number of halogens is 1. The number of rotatable bonds is 12. The van der Waals surface area contributed by atoms with E-state index in [9.17, 15) is 38.9 Å². The van der Waals surface area contributed by atoms with Crippen molar-refractivity contribution in [3.05, 3.63) is 58.4 Å². The van der Waals surface area contributed by atoms with Gasteiger partial charge in [0.25, 0.3) is 0 Å². The fraction of sp³-hybridized carbons (Fsp3) is 0.480. The third-order valence-corrected chi connectivity index (χ3v) is 6.05. The molecule has 40 heavy (non-hydrogen) atoms. The fourth-order valence-electron chi connectivity index (χ4n) is 3.94. The van der Waals surface area contributed by atoms with Crippen LogP contribution in [0.15, 0.2) is 41.3 Å². The summed E-state index contributed by atoms with van der Waals surface area (Å²) in [4.78, 5) is 52.5. The molecule has 1 saturated heterocycles.